The number of amides is 1. The Balaban J connectivity index is 2.68. The van der Waals surface area contributed by atoms with E-state index in [9.17, 15) is 4.79 Å². The Labute approximate surface area is 98.5 Å². The average molecular weight is 231 g/mol. The molecule has 0 aliphatic heterocycles. The Bertz CT molecular complexity index is 588. The quantitative estimate of drug-likeness (QED) is 0.819. The van der Waals surface area contributed by atoms with Crippen molar-refractivity contribution in [2.75, 3.05) is 0 Å². The maximum atomic E-state index is 11.4. The standard InChI is InChI=1S/C11H13N5O/c1-6-4-13-7(2)15-9(6)8-5-14-16(3)10(8)11(12)17/h4-5H,1-3H3,(H2,12,17). The summed E-state index contributed by atoms with van der Waals surface area (Å²) >= 11 is 0. The van der Waals surface area contributed by atoms with Crippen LogP contribution >= 0.6 is 0 Å². The molecule has 0 bridgehead atoms. The normalized spacial score (nSPS) is 10.5. The van der Waals surface area contributed by atoms with E-state index in [0.29, 0.717) is 22.8 Å². The van der Waals surface area contributed by atoms with Crippen molar-refractivity contribution in [1.82, 2.24) is 19.7 Å². The molecule has 0 aliphatic carbocycles. The van der Waals surface area contributed by atoms with Crippen molar-refractivity contribution in [3.63, 3.8) is 0 Å². The fourth-order valence-electron chi connectivity index (χ4n) is 1.71. The van der Waals surface area contributed by atoms with Gasteiger partial charge in [-0.2, -0.15) is 5.10 Å². The van der Waals surface area contributed by atoms with Crippen LogP contribution in [0.15, 0.2) is 12.4 Å². The SMILES string of the molecule is Cc1ncc(C)c(-c2cnn(C)c2C(N)=O)n1. The second kappa shape index (κ2) is 3.97. The predicted molar refractivity (Wildman–Crippen MR) is 62.2 cm³/mol. The number of hydrogen-bond donors (Lipinski definition) is 1. The maximum Gasteiger partial charge on any atom is 0.267 e. The van der Waals surface area contributed by atoms with Crippen LogP contribution in [0.25, 0.3) is 11.3 Å². The molecular weight excluding hydrogens is 218 g/mol. The third-order valence-electron chi connectivity index (χ3n) is 2.52. The molecule has 6 nitrogen and oxygen atoms in total. The van der Waals surface area contributed by atoms with Crippen LogP contribution < -0.4 is 5.73 Å². The smallest absolute Gasteiger partial charge is 0.267 e. The molecule has 2 N–H and O–H groups in total. The van der Waals surface area contributed by atoms with Crippen LogP contribution in [0.4, 0.5) is 0 Å². The van der Waals surface area contributed by atoms with Gasteiger partial charge in [-0.05, 0) is 19.4 Å². The highest BCUT2D eigenvalue weighted by molar-refractivity contribution is 5.97. The van der Waals surface area contributed by atoms with Gasteiger partial charge in [-0.3, -0.25) is 9.48 Å². The highest BCUT2D eigenvalue weighted by atomic mass is 16.1. The first-order valence-corrected chi connectivity index (χ1v) is 5.13. The van der Waals surface area contributed by atoms with Crippen LogP contribution in [0.5, 0.6) is 0 Å². The molecule has 0 saturated heterocycles. The number of aromatic nitrogens is 4. The minimum Gasteiger partial charge on any atom is -0.364 e. The first kappa shape index (κ1) is 11.3. The van der Waals surface area contributed by atoms with E-state index in [1.807, 2.05) is 6.92 Å². The first-order valence-electron chi connectivity index (χ1n) is 5.13. The van der Waals surface area contributed by atoms with Crippen molar-refractivity contribution in [2.45, 2.75) is 13.8 Å². The molecule has 6 heteroatoms. The van der Waals surface area contributed by atoms with E-state index in [1.165, 1.54) is 4.68 Å². The molecule has 0 unspecified atom stereocenters. The molecule has 17 heavy (non-hydrogen) atoms. The highest BCUT2D eigenvalue weighted by Crippen LogP contribution is 2.23. The molecule has 0 saturated carbocycles. The Hall–Kier alpha value is -2.24. The number of aryl methyl sites for hydroxylation is 3. The summed E-state index contributed by atoms with van der Waals surface area (Å²) in [6, 6.07) is 0. The topological polar surface area (TPSA) is 86.7 Å². The second-order valence-electron chi connectivity index (χ2n) is 3.84. The molecule has 0 fully saturated rings. The minimum atomic E-state index is -0.518. The molecule has 88 valence electrons. The number of nitrogens with zero attached hydrogens (tertiary/aromatic N) is 4. The lowest BCUT2D eigenvalue weighted by atomic mass is 10.1. The van der Waals surface area contributed by atoms with E-state index in [2.05, 4.69) is 15.1 Å². The fraction of sp³-hybridized carbons (Fsp3) is 0.273. The molecule has 1 amide bonds. The highest BCUT2D eigenvalue weighted by Gasteiger charge is 2.18. The third kappa shape index (κ3) is 1.89. The van der Waals surface area contributed by atoms with Crippen molar-refractivity contribution < 1.29 is 4.79 Å². The Morgan fingerprint density at radius 2 is 2.06 bits per heavy atom. The van der Waals surface area contributed by atoms with Gasteiger partial charge in [0.1, 0.15) is 11.5 Å². The third-order valence-corrected chi connectivity index (χ3v) is 2.52. The van der Waals surface area contributed by atoms with Crippen molar-refractivity contribution in [1.29, 1.82) is 0 Å². The predicted octanol–water partition coefficient (Wildman–Crippen LogP) is 0.593. The average Bonchev–Trinajstić information content (AvgIpc) is 2.64. The van der Waals surface area contributed by atoms with Gasteiger partial charge in [-0.25, -0.2) is 9.97 Å². The molecule has 2 rings (SSSR count). The van der Waals surface area contributed by atoms with Crippen LogP contribution in [0.2, 0.25) is 0 Å². The van der Waals surface area contributed by atoms with Gasteiger partial charge in [0.15, 0.2) is 0 Å². The lowest BCUT2D eigenvalue weighted by molar-refractivity contribution is 0.0992. The summed E-state index contributed by atoms with van der Waals surface area (Å²) in [5.74, 6) is 0.125. The Morgan fingerprint density at radius 3 is 2.71 bits per heavy atom. The monoisotopic (exact) mass is 231 g/mol. The molecule has 0 aromatic carbocycles. The van der Waals surface area contributed by atoms with Gasteiger partial charge in [0.2, 0.25) is 0 Å². The van der Waals surface area contributed by atoms with E-state index >= 15 is 0 Å². The fourth-order valence-corrected chi connectivity index (χ4v) is 1.71. The molecule has 0 atom stereocenters. The summed E-state index contributed by atoms with van der Waals surface area (Å²) < 4.78 is 1.45. The van der Waals surface area contributed by atoms with Gasteiger partial charge in [-0.1, -0.05) is 0 Å². The molecule has 2 aromatic rings. The number of hydrogen-bond acceptors (Lipinski definition) is 4. The number of rotatable bonds is 2. The molecule has 0 spiro atoms. The first-order chi connectivity index (χ1) is 8.00. The van der Waals surface area contributed by atoms with Crippen molar-refractivity contribution in [2.24, 2.45) is 12.8 Å². The van der Waals surface area contributed by atoms with Gasteiger partial charge in [0.25, 0.3) is 5.91 Å². The molecule has 0 radical (unpaired) electrons. The van der Waals surface area contributed by atoms with E-state index < -0.39 is 5.91 Å². The molecule has 2 aromatic heterocycles. The van der Waals surface area contributed by atoms with E-state index in [1.54, 1.807) is 26.4 Å². The maximum absolute atomic E-state index is 11.4. The molecule has 0 aliphatic rings. The minimum absolute atomic E-state index is 0.353. The zero-order valence-corrected chi connectivity index (χ0v) is 9.93. The van der Waals surface area contributed by atoms with Crippen LogP contribution in [-0.2, 0) is 7.05 Å². The van der Waals surface area contributed by atoms with Crippen LogP contribution in [0, 0.1) is 13.8 Å². The largest absolute Gasteiger partial charge is 0.364 e. The van der Waals surface area contributed by atoms with Crippen LogP contribution in [-0.4, -0.2) is 25.7 Å². The van der Waals surface area contributed by atoms with Crippen molar-refractivity contribution >= 4 is 5.91 Å². The number of carbonyl (C=O) groups is 1. The second-order valence-corrected chi connectivity index (χ2v) is 3.84. The summed E-state index contributed by atoms with van der Waals surface area (Å²) in [4.78, 5) is 19.8. The van der Waals surface area contributed by atoms with Crippen molar-refractivity contribution in [3.05, 3.63) is 29.5 Å². The van der Waals surface area contributed by atoms with Crippen molar-refractivity contribution in [3.8, 4) is 11.3 Å². The van der Waals surface area contributed by atoms with E-state index in [0.717, 1.165) is 5.56 Å². The summed E-state index contributed by atoms with van der Waals surface area (Å²) in [6.45, 7) is 3.68. The van der Waals surface area contributed by atoms with Crippen LogP contribution in [0.3, 0.4) is 0 Å². The Kier molecular flexibility index (Phi) is 2.63. The van der Waals surface area contributed by atoms with Gasteiger partial charge in [0, 0.05) is 13.2 Å². The number of primary amides is 1. The summed E-state index contributed by atoms with van der Waals surface area (Å²) in [6.07, 6.45) is 3.31. The summed E-state index contributed by atoms with van der Waals surface area (Å²) in [5.41, 5.74) is 7.91. The van der Waals surface area contributed by atoms with Gasteiger partial charge in [-0.15, -0.1) is 0 Å². The number of carbonyl (C=O) groups excluding carboxylic acids is 1. The van der Waals surface area contributed by atoms with E-state index in [-0.39, 0.29) is 0 Å². The lowest BCUT2D eigenvalue weighted by Crippen LogP contribution is -2.17. The summed E-state index contributed by atoms with van der Waals surface area (Å²) in [7, 11) is 1.67. The van der Waals surface area contributed by atoms with E-state index in [4.69, 9.17) is 5.73 Å². The zero-order chi connectivity index (χ0) is 12.6. The van der Waals surface area contributed by atoms with Gasteiger partial charge in [0.05, 0.1) is 17.5 Å². The Morgan fingerprint density at radius 1 is 1.35 bits per heavy atom. The van der Waals surface area contributed by atoms with Crippen LogP contribution in [0.1, 0.15) is 21.9 Å². The lowest BCUT2D eigenvalue weighted by Gasteiger charge is -2.05. The zero-order valence-electron chi connectivity index (χ0n) is 9.93. The summed E-state index contributed by atoms with van der Waals surface area (Å²) in [5, 5.41) is 4.04. The number of nitrogens with two attached hydrogens (primary N) is 1. The molecule has 2 heterocycles. The molecular formula is C11H13N5O. The van der Waals surface area contributed by atoms with Gasteiger partial charge < -0.3 is 5.73 Å². The van der Waals surface area contributed by atoms with Gasteiger partial charge >= 0.3 is 0 Å².